The van der Waals surface area contributed by atoms with Gasteiger partial charge in [0.1, 0.15) is 24.0 Å². The Kier molecular flexibility index (Phi) is 6.87. The maximum atomic E-state index is 13.6. The minimum Gasteiger partial charge on any atom is -0.488 e. The van der Waals surface area contributed by atoms with Gasteiger partial charge in [0.05, 0.1) is 17.0 Å². The molecule has 0 amide bonds. The van der Waals surface area contributed by atoms with Crippen molar-refractivity contribution in [3.8, 4) is 28.1 Å². The Hall–Kier alpha value is -3.74. The highest BCUT2D eigenvalue weighted by atomic mass is 19.4. The molecule has 7 heteroatoms. The molecule has 4 aromatic rings. The summed E-state index contributed by atoms with van der Waals surface area (Å²) in [5.74, 6) is -1.19. The van der Waals surface area contributed by atoms with Gasteiger partial charge in [-0.2, -0.15) is 13.2 Å². The first-order valence-electron chi connectivity index (χ1n) is 11.0. The van der Waals surface area contributed by atoms with Gasteiger partial charge in [-0.1, -0.05) is 38.1 Å². The summed E-state index contributed by atoms with van der Waals surface area (Å²) in [6.45, 7) is 3.65. The molecule has 0 saturated carbocycles. The average Bonchev–Trinajstić information content (AvgIpc) is 2.83. The summed E-state index contributed by atoms with van der Waals surface area (Å²) in [5, 5.41) is 0. The second-order valence-electron chi connectivity index (χ2n) is 8.37. The van der Waals surface area contributed by atoms with E-state index in [0.29, 0.717) is 33.6 Å². The summed E-state index contributed by atoms with van der Waals surface area (Å²) in [4.78, 5) is 4.76. The molecule has 0 bridgehead atoms. The molecular weight excluding hydrogens is 461 g/mol. The molecule has 1 heterocycles. The van der Waals surface area contributed by atoms with Gasteiger partial charge in [-0.25, -0.2) is 8.78 Å². The zero-order valence-electron chi connectivity index (χ0n) is 19.0. The molecule has 1 aromatic heterocycles. The molecule has 0 N–H and O–H groups in total. The molecule has 35 heavy (non-hydrogen) atoms. The summed E-state index contributed by atoms with van der Waals surface area (Å²) in [6.07, 6.45) is -4.57. The number of halogens is 5. The Bertz CT molecular complexity index is 1310. The molecule has 180 valence electrons. The number of nitrogens with zero attached hydrogens (tertiary/aromatic N) is 1. The van der Waals surface area contributed by atoms with Gasteiger partial charge in [0.2, 0.25) is 0 Å². The smallest absolute Gasteiger partial charge is 0.419 e. The number of hydrogen-bond acceptors (Lipinski definition) is 2. The van der Waals surface area contributed by atoms with Crippen molar-refractivity contribution in [3.63, 3.8) is 0 Å². The van der Waals surface area contributed by atoms with Crippen LogP contribution in [0.4, 0.5) is 22.0 Å². The normalized spacial score (nSPS) is 11.7. The van der Waals surface area contributed by atoms with Crippen LogP contribution in [0.5, 0.6) is 5.75 Å². The SMILES string of the molecule is CC(C)c1nc(-c2ccc(F)cc2)cc(-c2ccc(F)cc2)c1COc1ccccc1C(F)(F)F. The van der Waals surface area contributed by atoms with E-state index in [1.807, 2.05) is 13.8 Å². The third-order valence-electron chi connectivity index (χ3n) is 5.56. The van der Waals surface area contributed by atoms with Crippen LogP contribution in [0, 0.1) is 11.6 Å². The molecule has 3 aromatic carbocycles. The third kappa shape index (κ3) is 5.50. The van der Waals surface area contributed by atoms with Crippen LogP contribution in [0.25, 0.3) is 22.4 Å². The molecule has 0 aliphatic rings. The second kappa shape index (κ2) is 9.86. The van der Waals surface area contributed by atoms with E-state index in [4.69, 9.17) is 9.72 Å². The Morgan fingerprint density at radius 1 is 0.800 bits per heavy atom. The first kappa shape index (κ1) is 24.4. The highest BCUT2D eigenvalue weighted by Crippen LogP contribution is 2.38. The van der Waals surface area contributed by atoms with E-state index >= 15 is 0 Å². The molecule has 0 saturated heterocycles. The van der Waals surface area contributed by atoms with Gasteiger partial charge in [0.25, 0.3) is 0 Å². The van der Waals surface area contributed by atoms with E-state index in [-0.39, 0.29) is 24.1 Å². The zero-order valence-corrected chi connectivity index (χ0v) is 19.0. The number of pyridine rings is 1. The van der Waals surface area contributed by atoms with Gasteiger partial charge < -0.3 is 4.74 Å². The van der Waals surface area contributed by atoms with Gasteiger partial charge in [-0.05, 0) is 71.6 Å². The first-order valence-corrected chi connectivity index (χ1v) is 11.0. The number of ether oxygens (including phenoxy) is 1. The van der Waals surface area contributed by atoms with Crippen LogP contribution in [0.15, 0.2) is 78.9 Å². The predicted molar refractivity (Wildman–Crippen MR) is 125 cm³/mol. The molecule has 0 atom stereocenters. The lowest BCUT2D eigenvalue weighted by Gasteiger charge is -2.20. The molecule has 0 unspecified atom stereocenters. The van der Waals surface area contributed by atoms with Gasteiger partial charge >= 0.3 is 6.18 Å². The standard InChI is InChI=1S/C28H22F5NO/c1-17(2)27-23(16-35-26-6-4-3-5-24(26)28(31,32)33)22(18-7-11-20(29)12-8-18)15-25(34-27)19-9-13-21(30)14-10-19/h3-15,17H,16H2,1-2H3. The highest BCUT2D eigenvalue weighted by molar-refractivity contribution is 5.74. The van der Waals surface area contributed by atoms with Crippen molar-refractivity contribution in [1.29, 1.82) is 0 Å². The third-order valence-corrected chi connectivity index (χ3v) is 5.56. The molecule has 0 spiro atoms. The summed E-state index contributed by atoms with van der Waals surface area (Å²) >= 11 is 0. The van der Waals surface area contributed by atoms with Crippen LogP contribution in [-0.2, 0) is 12.8 Å². The lowest BCUT2D eigenvalue weighted by atomic mass is 9.93. The van der Waals surface area contributed by atoms with Gasteiger partial charge in [-0.3, -0.25) is 4.98 Å². The second-order valence-corrected chi connectivity index (χ2v) is 8.37. The number of benzene rings is 3. The average molecular weight is 483 g/mol. The van der Waals surface area contributed by atoms with Crippen LogP contribution in [-0.4, -0.2) is 4.98 Å². The first-order chi connectivity index (χ1) is 16.6. The topological polar surface area (TPSA) is 22.1 Å². The van der Waals surface area contributed by atoms with Crippen molar-refractivity contribution in [2.75, 3.05) is 0 Å². The van der Waals surface area contributed by atoms with Crippen LogP contribution >= 0.6 is 0 Å². The largest absolute Gasteiger partial charge is 0.488 e. The minimum absolute atomic E-state index is 0.106. The molecular formula is C28H22F5NO. The van der Waals surface area contributed by atoms with Gasteiger partial charge in [0, 0.05) is 11.1 Å². The summed E-state index contributed by atoms with van der Waals surface area (Å²) in [6, 6.07) is 18.5. The molecule has 0 radical (unpaired) electrons. The quantitative estimate of drug-likeness (QED) is 0.257. The fourth-order valence-electron chi connectivity index (χ4n) is 3.85. The van der Waals surface area contributed by atoms with Crippen molar-refractivity contribution < 1.29 is 26.7 Å². The molecule has 0 aliphatic carbocycles. The van der Waals surface area contributed by atoms with E-state index in [2.05, 4.69) is 0 Å². The summed E-state index contributed by atoms with van der Waals surface area (Å²) in [5.41, 5.74) is 2.88. The van der Waals surface area contributed by atoms with Crippen LogP contribution < -0.4 is 4.74 Å². The van der Waals surface area contributed by atoms with Gasteiger partial charge in [-0.15, -0.1) is 0 Å². The van der Waals surface area contributed by atoms with E-state index in [1.165, 1.54) is 42.5 Å². The van der Waals surface area contributed by atoms with E-state index in [9.17, 15) is 22.0 Å². The molecule has 0 aliphatic heterocycles. The number of rotatable bonds is 6. The predicted octanol–water partition coefficient (Wildman–Crippen LogP) is 8.42. The van der Waals surface area contributed by atoms with Gasteiger partial charge in [0.15, 0.2) is 0 Å². The number of para-hydroxylation sites is 1. The maximum Gasteiger partial charge on any atom is 0.419 e. The Morgan fingerprint density at radius 2 is 1.37 bits per heavy atom. The summed E-state index contributed by atoms with van der Waals surface area (Å²) in [7, 11) is 0. The fourth-order valence-corrected chi connectivity index (χ4v) is 3.85. The van der Waals surface area contributed by atoms with Crippen LogP contribution in [0.1, 0.15) is 36.6 Å². The minimum atomic E-state index is -4.57. The van der Waals surface area contributed by atoms with Crippen molar-refractivity contribution in [2.24, 2.45) is 0 Å². The Morgan fingerprint density at radius 3 is 1.94 bits per heavy atom. The zero-order chi connectivity index (χ0) is 25.2. The van der Waals surface area contributed by atoms with E-state index < -0.39 is 17.6 Å². The molecule has 0 fully saturated rings. The van der Waals surface area contributed by atoms with Crippen molar-refractivity contribution in [3.05, 3.63) is 107 Å². The van der Waals surface area contributed by atoms with Crippen LogP contribution in [0.3, 0.4) is 0 Å². The van der Waals surface area contributed by atoms with E-state index in [0.717, 1.165) is 6.07 Å². The van der Waals surface area contributed by atoms with Crippen molar-refractivity contribution >= 4 is 0 Å². The number of alkyl halides is 3. The van der Waals surface area contributed by atoms with E-state index in [1.54, 1.807) is 30.3 Å². The highest BCUT2D eigenvalue weighted by Gasteiger charge is 2.34. The van der Waals surface area contributed by atoms with Crippen molar-refractivity contribution in [2.45, 2.75) is 32.5 Å². The lowest BCUT2D eigenvalue weighted by Crippen LogP contribution is -2.11. The number of hydrogen-bond donors (Lipinski definition) is 0. The monoisotopic (exact) mass is 483 g/mol. The number of aromatic nitrogens is 1. The van der Waals surface area contributed by atoms with Crippen molar-refractivity contribution in [1.82, 2.24) is 4.98 Å². The lowest BCUT2D eigenvalue weighted by molar-refractivity contribution is -0.139. The molecule has 4 rings (SSSR count). The molecule has 2 nitrogen and oxygen atoms in total. The van der Waals surface area contributed by atoms with Crippen LogP contribution in [0.2, 0.25) is 0 Å². The Balaban J connectivity index is 1.85. The maximum absolute atomic E-state index is 13.6. The summed E-state index contributed by atoms with van der Waals surface area (Å²) < 4.78 is 73.3. The Labute approximate surface area is 200 Å². The fraction of sp³-hybridized carbons (Fsp3) is 0.179.